The minimum atomic E-state index is -3.74. The van der Waals surface area contributed by atoms with Crippen molar-refractivity contribution in [3.8, 4) is 22.8 Å². The van der Waals surface area contributed by atoms with E-state index in [1.807, 2.05) is 37.3 Å². The first-order valence-electron chi connectivity index (χ1n) is 10.1. The number of amides is 1. The zero-order chi connectivity index (χ0) is 23.2. The van der Waals surface area contributed by atoms with Crippen molar-refractivity contribution in [3.63, 3.8) is 0 Å². The molecule has 2 aliphatic heterocycles. The van der Waals surface area contributed by atoms with E-state index in [9.17, 15) is 13.2 Å². The highest BCUT2D eigenvalue weighted by Crippen LogP contribution is 2.41. The number of nitrogens with one attached hydrogen (secondary N) is 1. The number of benzene rings is 2. The summed E-state index contributed by atoms with van der Waals surface area (Å²) in [5.74, 6) is 1.25. The van der Waals surface area contributed by atoms with Gasteiger partial charge in [-0.2, -0.15) is 0 Å². The number of rotatable bonds is 5. The first-order chi connectivity index (χ1) is 15.8. The molecule has 33 heavy (non-hydrogen) atoms. The molecule has 0 unspecified atom stereocenters. The second kappa shape index (κ2) is 8.23. The number of thioether (sulfide) groups is 1. The summed E-state index contributed by atoms with van der Waals surface area (Å²) < 4.78 is 37.6. The normalized spacial score (nSPS) is 15.0. The number of aryl methyl sites for hydroxylation is 1. The van der Waals surface area contributed by atoms with E-state index in [4.69, 9.17) is 9.47 Å². The van der Waals surface area contributed by atoms with E-state index in [-0.39, 0.29) is 23.3 Å². The van der Waals surface area contributed by atoms with E-state index in [0.29, 0.717) is 34.6 Å². The number of sulfonamides is 1. The van der Waals surface area contributed by atoms with Crippen LogP contribution < -0.4 is 19.1 Å². The summed E-state index contributed by atoms with van der Waals surface area (Å²) in [7, 11) is -2.22. The lowest BCUT2D eigenvalue weighted by molar-refractivity contribution is -0.118. The molecular weight excluding hydrogens is 464 g/mol. The Bertz CT molecular complexity index is 1380. The largest absolute Gasteiger partial charge is 0.454 e. The van der Waals surface area contributed by atoms with Crippen molar-refractivity contribution in [2.75, 3.05) is 23.9 Å². The molecule has 170 valence electrons. The standard InChI is InChI=1S/C22H20N4O5S2/c1-13-3-5-16-15(7-13)21-19(33(28,29)26(16)2)10-24-22(25-21)32-11-20(27)23-9-14-4-6-17-18(8-14)31-12-30-17/h3-8,10H,9,11-12H2,1-2H3,(H,23,27). The maximum Gasteiger partial charge on any atom is 0.267 e. The third-order valence-corrected chi connectivity index (χ3v) is 8.01. The predicted molar refractivity (Wildman–Crippen MR) is 123 cm³/mol. The Labute approximate surface area is 195 Å². The van der Waals surface area contributed by atoms with E-state index >= 15 is 0 Å². The van der Waals surface area contributed by atoms with Crippen molar-refractivity contribution in [1.29, 1.82) is 0 Å². The van der Waals surface area contributed by atoms with Gasteiger partial charge in [-0.05, 0) is 36.8 Å². The number of ether oxygens (including phenoxy) is 2. The molecule has 0 saturated carbocycles. The molecule has 0 atom stereocenters. The maximum atomic E-state index is 12.9. The first-order valence-corrected chi connectivity index (χ1v) is 12.5. The van der Waals surface area contributed by atoms with Crippen LogP contribution in [-0.4, -0.2) is 43.9 Å². The van der Waals surface area contributed by atoms with Gasteiger partial charge in [-0.15, -0.1) is 0 Å². The predicted octanol–water partition coefficient (Wildman–Crippen LogP) is 2.73. The third-order valence-electron chi connectivity index (χ3n) is 5.38. The third kappa shape index (κ3) is 3.98. The first kappa shape index (κ1) is 21.5. The smallest absolute Gasteiger partial charge is 0.267 e. The Balaban J connectivity index is 1.29. The Morgan fingerprint density at radius 2 is 2.00 bits per heavy atom. The second-order valence-electron chi connectivity index (χ2n) is 7.61. The molecule has 2 aromatic carbocycles. The van der Waals surface area contributed by atoms with Crippen LogP contribution in [0.5, 0.6) is 11.5 Å². The topological polar surface area (TPSA) is 111 Å². The van der Waals surface area contributed by atoms with Gasteiger partial charge in [0.1, 0.15) is 4.90 Å². The van der Waals surface area contributed by atoms with Crippen LogP contribution in [0.15, 0.2) is 52.6 Å². The fourth-order valence-electron chi connectivity index (χ4n) is 3.63. The highest BCUT2D eigenvalue weighted by molar-refractivity contribution is 7.99. The van der Waals surface area contributed by atoms with Crippen molar-refractivity contribution in [2.24, 2.45) is 0 Å². The number of aromatic nitrogens is 2. The van der Waals surface area contributed by atoms with Crippen LogP contribution >= 0.6 is 11.8 Å². The zero-order valence-electron chi connectivity index (χ0n) is 17.9. The summed E-state index contributed by atoms with van der Waals surface area (Å²) in [5, 5.41) is 3.18. The fourth-order valence-corrected chi connectivity index (χ4v) is 5.57. The summed E-state index contributed by atoms with van der Waals surface area (Å²) in [4.78, 5) is 21.1. The van der Waals surface area contributed by atoms with Crippen LogP contribution in [0.25, 0.3) is 11.3 Å². The monoisotopic (exact) mass is 484 g/mol. The van der Waals surface area contributed by atoms with Crippen LogP contribution in [0.1, 0.15) is 11.1 Å². The van der Waals surface area contributed by atoms with E-state index < -0.39 is 10.0 Å². The Hall–Kier alpha value is -3.31. The molecule has 1 N–H and O–H groups in total. The number of anilines is 1. The van der Waals surface area contributed by atoms with E-state index in [1.54, 1.807) is 6.07 Å². The average Bonchev–Trinajstić information content (AvgIpc) is 3.28. The van der Waals surface area contributed by atoms with Gasteiger partial charge in [-0.3, -0.25) is 9.10 Å². The highest BCUT2D eigenvalue weighted by Gasteiger charge is 2.34. The lowest BCUT2D eigenvalue weighted by Crippen LogP contribution is -2.31. The molecular formula is C22H20N4O5S2. The molecule has 11 heteroatoms. The molecule has 5 rings (SSSR count). The molecule has 0 fully saturated rings. The molecule has 1 amide bonds. The number of carbonyl (C=O) groups is 1. The number of nitrogens with zero attached hydrogens (tertiary/aromatic N) is 3. The van der Waals surface area contributed by atoms with E-state index in [1.165, 1.54) is 17.5 Å². The van der Waals surface area contributed by atoms with Gasteiger partial charge < -0.3 is 14.8 Å². The molecule has 3 aromatic rings. The summed E-state index contributed by atoms with van der Waals surface area (Å²) in [6.45, 7) is 2.48. The van der Waals surface area contributed by atoms with Crippen molar-refractivity contribution in [2.45, 2.75) is 23.5 Å². The number of fused-ring (bicyclic) bond motifs is 4. The van der Waals surface area contributed by atoms with Crippen molar-refractivity contribution < 1.29 is 22.7 Å². The van der Waals surface area contributed by atoms with Crippen LogP contribution in [0.3, 0.4) is 0 Å². The summed E-state index contributed by atoms with van der Waals surface area (Å²) >= 11 is 1.15. The number of carbonyl (C=O) groups excluding carboxylic acids is 1. The van der Waals surface area contributed by atoms with Gasteiger partial charge in [-0.25, -0.2) is 18.4 Å². The van der Waals surface area contributed by atoms with Gasteiger partial charge in [0, 0.05) is 19.2 Å². The second-order valence-corrected chi connectivity index (χ2v) is 10.5. The Morgan fingerprint density at radius 1 is 1.18 bits per heavy atom. The van der Waals surface area contributed by atoms with Gasteiger partial charge in [0.05, 0.1) is 23.3 Å². The van der Waals surface area contributed by atoms with Crippen LogP contribution in [0, 0.1) is 6.92 Å². The fraction of sp³-hybridized carbons (Fsp3) is 0.227. The zero-order valence-corrected chi connectivity index (χ0v) is 19.5. The Kier molecular flexibility index (Phi) is 5.37. The van der Waals surface area contributed by atoms with Gasteiger partial charge >= 0.3 is 0 Å². The molecule has 2 aliphatic rings. The molecule has 0 spiro atoms. The van der Waals surface area contributed by atoms with Crippen LogP contribution in [-0.2, 0) is 21.4 Å². The van der Waals surface area contributed by atoms with Crippen molar-refractivity contribution in [1.82, 2.24) is 15.3 Å². The quantitative estimate of drug-likeness (QED) is 0.435. The average molecular weight is 485 g/mol. The van der Waals surface area contributed by atoms with Crippen LogP contribution in [0.2, 0.25) is 0 Å². The SMILES string of the molecule is Cc1ccc2c(c1)-c1nc(SCC(=O)NCc3ccc4c(c3)OCO4)ncc1S(=O)(=O)N2C. The summed E-state index contributed by atoms with van der Waals surface area (Å²) in [5.41, 5.74) is 3.51. The minimum absolute atomic E-state index is 0.0553. The highest BCUT2D eigenvalue weighted by atomic mass is 32.2. The minimum Gasteiger partial charge on any atom is -0.454 e. The van der Waals surface area contributed by atoms with Gasteiger partial charge in [0.2, 0.25) is 12.7 Å². The van der Waals surface area contributed by atoms with Gasteiger partial charge in [0.25, 0.3) is 10.0 Å². The number of hydrogen-bond acceptors (Lipinski definition) is 8. The van der Waals surface area contributed by atoms with Crippen molar-refractivity contribution >= 4 is 33.4 Å². The summed E-state index contributed by atoms with van der Waals surface area (Å²) in [6, 6.07) is 11.0. The number of hydrogen-bond donors (Lipinski definition) is 1. The maximum absolute atomic E-state index is 12.9. The van der Waals surface area contributed by atoms with Crippen LogP contribution in [0.4, 0.5) is 5.69 Å². The molecule has 9 nitrogen and oxygen atoms in total. The molecule has 0 bridgehead atoms. The molecule has 1 aromatic heterocycles. The van der Waals surface area contributed by atoms with E-state index in [2.05, 4.69) is 15.3 Å². The molecule has 0 aliphatic carbocycles. The Morgan fingerprint density at radius 3 is 2.85 bits per heavy atom. The van der Waals surface area contributed by atoms with Crippen molar-refractivity contribution in [3.05, 3.63) is 53.7 Å². The molecule has 0 saturated heterocycles. The lowest BCUT2D eigenvalue weighted by atomic mass is 10.1. The summed E-state index contributed by atoms with van der Waals surface area (Å²) in [6.07, 6.45) is 1.31. The lowest BCUT2D eigenvalue weighted by Gasteiger charge is -2.28. The molecule has 3 heterocycles. The van der Waals surface area contributed by atoms with Gasteiger partial charge in [-0.1, -0.05) is 29.5 Å². The van der Waals surface area contributed by atoms with Gasteiger partial charge in [0.15, 0.2) is 16.7 Å². The van der Waals surface area contributed by atoms with E-state index in [0.717, 1.165) is 28.5 Å². The molecule has 0 radical (unpaired) electrons.